The van der Waals surface area contributed by atoms with Crippen molar-refractivity contribution in [1.29, 1.82) is 0 Å². The molecule has 152 valence electrons. The molecule has 1 N–H and O–H groups in total. The van der Waals surface area contributed by atoms with Crippen LogP contribution in [0.1, 0.15) is 30.4 Å². The molecule has 0 unspecified atom stereocenters. The van der Waals surface area contributed by atoms with E-state index in [9.17, 15) is 4.79 Å². The quantitative estimate of drug-likeness (QED) is 0.565. The van der Waals surface area contributed by atoms with E-state index in [2.05, 4.69) is 15.5 Å². The van der Waals surface area contributed by atoms with E-state index in [1.165, 1.54) is 0 Å². The molecule has 3 aromatic rings. The number of aryl methyl sites for hydroxylation is 1. The minimum absolute atomic E-state index is 0.0632. The third-order valence-electron chi connectivity index (χ3n) is 4.28. The third-order valence-corrected chi connectivity index (χ3v) is 4.28. The molecule has 1 heterocycles. The Morgan fingerprint density at radius 3 is 2.48 bits per heavy atom. The van der Waals surface area contributed by atoms with Crippen molar-refractivity contribution in [2.45, 2.75) is 32.9 Å². The van der Waals surface area contributed by atoms with Crippen molar-refractivity contribution in [2.75, 3.05) is 13.7 Å². The highest BCUT2D eigenvalue weighted by atomic mass is 16.5. The molecule has 0 radical (unpaired) electrons. The molecule has 7 heteroatoms. The predicted molar refractivity (Wildman–Crippen MR) is 108 cm³/mol. The Balaban J connectivity index is 1.45. The zero-order valence-electron chi connectivity index (χ0n) is 16.7. The van der Waals surface area contributed by atoms with Gasteiger partial charge in [0, 0.05) is 32.1 Å². The minimum Gasteiger partial charge on any atom is -0.494 e. The van der Waals surface area contributed by atoms with Crippen LogP contribution in [0, 0.1) is 0 Å². The number of rotatable bonds is 10. The van der Waals surface area contributed by atoms with E-state index in [1.807, 2.05) is 55.5 Å². The molecule has 29 heavy (non-hydrogen) atoms. The maximum atomic E-state index is 12.1. The van der Waals surface area contributed by atoms with Crippen LogP contribution in [-0.4, -0.2) is 29.8 Å². The molecule has 0 spiro atoms. The summed E-state index contributed by atoms with van der Waals surface area (Å²) in [4.78, 5) is 16.5. The number of nitrogens with one attached hydrogen (secondary N) is 1. The van der Waals surface area contributed by atoms with Crippen LogP contribution in [0.5, 0.6) is 5.75 Å². The highest BCUT2D eigenvalue weighted by molar-refractivity contribution is 5.76. The second kappa shape index (κ2) is 10.4. The van der Waals surface area contributed by atoms with Crippen molar-refractivity contribution >= 4 is 5.91 Å². The number of hydrogen-bond acceptors (Lipinski definition) is 6. The fraction of sp³-hybridized carbons (Fsp3) is 0.318. The molecule has 1 amide bonds. The van der Waals surface area contributed by atoms with E-state index in [1.54, 1.807) is 7.11 Å². The standard InChI is InChI=1S/C22H25N3O4/c1-3-28-19-10-8-18(9-11-19)22-24-21(29-25-22)13-12-20(26)23-14-16-4-6-17(7-5-16)15-27-2/h4-11H,3,12-15H2,1-2H3,(H,23,26). The van der Waals surface area contributed by atoms with Crippen molar-refractivity contribution in [2.24, 2.45) is 0 Å². The number of nitrogens with zero attached hydrogens (tertiary/aromatic N) is 2. The van der Waals surface area contributed by atoms with Crippen LogP contribution in [0.2, 0.25) is 0 Å². The highest BCUT2D eigenvalue weighted by Crippen LogP contribution is 2.20. The van der Waals surface area contributed by atoms with Gasteiger partial charge in [-0.3, -0.25) is 4.79 Å². The normalized spacial score (nSPS) is 10.7. The van der Waals surface area contributed by atoms with Gasteiger partial charge in [0.15, 0.2) is 0 Å². The average molecular weight is 395 g/mol. The monoisotopic (exact) mass is 395 g/mol. The Morgan fingerprint density at radius 2 is 1.79 bits per heavy atom. The van der Waals surface area contributed by atoms with Crippen LogP contribution in [0.25, 0.3) is 11.4 Å². The van der Waals surface area contributed by atoms with Gasteiger partial charge in [0.05, 0.1) is 13.2 Å². The Kier molecular flexibility index (Phi) is 7.35. The summed E-state index contributed by atoms with van der Waals surface area (Å²) in [7, 11) is 1.67. The van der Waals surface area contributed by atoms with Crippen LogP contribution < -0.4 is 10.1 Å². The topological polar surface area (TPSA) is 86.5 Å². The second-order valence-electron chi connectivity index (χ2n) is 6.50. The highest BCUT2D eigenvalue weighted by Gasteiger charge is 2.11. The summed E-state index contributed by atoms with van der Waals surface area (Å²) in [5.41, 5.74) is 2.97. The first-order valence-corrected chi connectivity index (χ1v) is 9.57. The minimum atomic E-state index is -0.0632. The molecule has 0 aliphatic carbocycles. The van der Waals surface area contributed by atoms with Gasteiger partial charge in [-0.1, -0.05) is 29.4 Å². The largest absolute Gasteiger partial charge is 0.494 e. The molecule has 3 rings (SSSR count). The summed E-state index contributed by atoms with van der Waals surface area (Å²) in [5, 5.41) is 6.89. The number of benzene rings is 2. The molecule has 1 aromatic heterocycles. The molecule has 0 saturated heterocycles. The zero-order chi connectivity index (χ0) is 20.5. The third kappa shape index (κ3) is 6.15. The molecule has 0 aliphatic rings. The average Bonchev–Trinajstić information content (AvgIpc) is 3.22. The summed E-state index contributed by atoms with van der Waals surface area (Å²) < 4.78 is 15.8. The Bertz CT molecular complexity index is 905. The van der Waals surface area contributed by atoms with E-state index in [0.29, 0.717) is 37.9 Å². The number of aromatic nitrogens is 2. The fourth-order valence-corrected chi connectivity index (χ4v) is 2.77. The van der Waals surface area contributed by atoms with Crippen LogP contribution in [0.15, 0.2) is 53.1 Å². The summed E-state index contributed by atoms with van der Waals surface area (Å²) in [6.07, 6.45) is 0.676. The van der Waals surface area contributed by atoms with E-state index in [0.717, 1.165) is 22.4 Å². The summed E-state index contributed by atoms with van der Waals surface area (Å²) in [6, 6.07) is 15.4. The summed E-state index contributed by atoms with van der Waals surface area (Å²) in [6.45, 7) is 3.61. The Labute approximate surface area is 170 Å². The van der Waals surface area contributed by atoms with Gasteiger partial charge < -0.3 is 19.3 Å². The van der Waals surface area contributed by atoms with Gasteiger partial charge in [0.2, 0.25) is 17.6 Å². The smallest absolute Gasteiger partial charge is 0.227 e. The SMILES string of the molecule is CCOc1ccc(-c2noc(CCC(=O)NCc3ccc(COC)cc3)n2)cc1. The van der Waals surface area contributed by atoms with Gasteiger partial charge >= 0.3 is 0 Å². The molecular weight excluding hydrogens is 370 g/mol. The molecule has 2 aromatic carbocycles. The molecule has 0 bridgehead atoms. The van der Waals surface area contributed by atoms with Crippen LogP contribution >= 0.6 is 0 Å². The van der Waals surface area contributed by atoms with Crippen molar-refractivity contribution in [1.82, 2.24) is 15.5 Å². The van der Waals surface area contributed by atoms with Gasteiger partial charge in [-0.2, -0.15) is 4.98 Å². The van der Waals surface area contributed by atoms with Crippen LogP contribution in [0.4, 0.5) is 0 Å². The summed E-state index contributed by atoms with van der Waals surface area (Å²) in [5.74, 6) is 1.67. The maximum Gasteiger partial charge on any atom is 0.227 e. The van der Waals surface area contributed by atoms with Crippen molar-refractivity contribution in [3.05, 3.63) is 65.5 Å². The van der Waals surface area contributed by atoms with Crippen molar-refractivity contribution in [3.63, 3.8) is 0 Å². The zero-order valence-corrected chi connectivity index (χ0v) is 16.7. The fourth-order valence-electron chi connectivity index (χ4n) is 2.77. The summed E-state index contributed by atoms with van der Waals surface area (Å²) >= 11 is 0. The van der Waals surface area contributed by atoms with Crippen molar-refractivity contribution in [3.8, 4) is 17.1 Å². The predicted octanol–water partition coefficient (Wildman–Crippen LogP) is 3.53. The molecular formula is C22H25N3O4. The maximum absolute atomic E-state index is 12.1. The lowest BCUT2D eigenvalue weighted by atomic mass is 10.1. The van der Waals surface area contributed by atoms with E-state index >= 15 is 0 Å². The molecule has 0 atom stereocenters. The molecule has 7 nitrogen and oxygen atoms in total. The van der Waals surface area contributed by atoms with Crippen LogP contribution in [0.3, 0.4) is 0 Å². The molecule has 0 fully saturated rings. The second-order valence-corrected chi connectivity index (χ2v) is 6.50. The Hall–Kier alpha value is -3.19. The number of carbonyl (C=O) groups is 1. The van der Waals surface area contributed by atoms with Gasteiger partial charge in [0.1, 0.15) is 5.75 Å². The van der Waals surface area contributed by atoms with E-state index in [4.69, 9.17) is 14.0 Å². The first-order valence-electron chi connectivity index (χ1n) is 9.57. The van der Waals surface area contributed by atoms with E-state index < -0.39 is 0 Å². The number of methoxy groups -OCH3 is 1. The first-order chi connectivity index (χ1) is 14.2. The number of ether oxygens (including phenoxy) is 2. The number of carbonyl (C=O) groups excluding carboxylic acids is 1. The van der Waals surface area contributed by atoms with E-state index in [-0.39, 0.29) is 12.3 Å². The van der Waals surface area contributed by atoms with Gasteiger partial charge in [0.25, 0.3) is 0 Å². The number of hydrogen-bond donors (Lipinski definition) is 1. The lowest BCUT2D eigenvalue weighted by Gasteiger charge is -2.06. The van der Waals surface area contributed by atoms with Gasteiger partial charge in [-0.05, 0) is 42.3 Å². The van der Waals surface area contributed by atoms with Crippen molar-refractivity contribution < 1.29 is 18.8 Å². The van der Waals surface area contributed by atoms with Gasteiger partial charge in [-0.15, -0.1) is 0 Å². The lowest BCUT2D eigenvalue weighted by molar-refractivity contribution is -0.121. The first kappa shape index (κ1) is 20.5. The number of amides is 1. The van der Waals surface area contributed by atoms with Crippen LogP contribution in [-0.2, 0) is 29.1 Å². The molecule has 0 saturated carbocycles. The Morgan fingerprint density at radius 1 is 1.07 bits per heavy atom. The molecule has 0 aliphatic heterocycles. The lowest BCUT2D eigenvalue weighted by Crippen LogP contribution is -2.23. The van der Waals surface area contributed by atoms with Gasteiger partial charge in [-0.25, -0.2) is 0 Å².